The second-order valence-electron chi connectivity index (χ2n) is 6.53. The van der Waals surface area contributed by atoms with E-state index in [4.69, 9.17) is 32.7 Å². The lowest BCUT2D eigenvalue weighted by atomic mass is 10.1. The molecule has 4 aromatic rings. The molecule has 30 heavy (non-hydrogen) atoms. The van der Waals surface area contributed by atoms with Crippen LogP contribution in [0.2, 0.25) is 10.0 Å². The van der Waals surface area contributed by atoms with E-state index in [1.165, 1.54) is 14.2 Å². The van der Waals surface area contributed by atoms with Gasteiger partial charge in [-0.05, 0) is 51.2 Å². The lowest BCUT2D eigenvalue weighted by Crippen LogP contribution is -2.05. The van der Waals surface area contributed by atoms with Crippen molar-refractivity contribution in [3.8, 4) is 17.4 Å². The van der Waals surface area contributed by atoms with Crippen molar-refractivity contribution in [1.82, 2.24) is 30.3 Å². The Morgan fingerprint density at radius 2 is 1.53 bits per heavy atom. The number of hydrogen-bond acceptors (Lipinski definition) is 7. The zero-order chi connectivity index (χ0) is 22.0. The summed E-state index contributed by atoms with van der Waals surface area (Å²) in [4.78, 5) is 9.08. The number of aromatic nitrogens is 5. The van der Waals surface area contributed by atoms with E-state index in [0.29, 0.717) is 32.3 Å². The van der Waals surface area contributed by atoms with Gasteiger partial charge in [-0.1, -0.05) is 34.5 Å². The summed E-state index contributed by atoms with van der Waals surface area (Å²) in [6.45, 7) is 3.82. The normalized spacial score (nSPS) is 10.8. The first-order valence-corrected chi connectivity index (χ1v) is 9.81. The fourth-order valence-electron chi connectivity index (χ4n) is 2.97. The maximum atomic E-state index is 6.61. The molecule has 0 unspecified atom stereocenters. The summed E-state index contributed by atoms with van der Waals surface area (Å²) in [7, 11) is 6.75. The lowest BCUT2D eigenvalue weighted by molar-refractivity contribution is 0.334. The van der Waals surface area contributed by atoms with E-state index in [-0.39, 0.29) is 11.8 Å². The molecule has 0 amide bonds. The molecule has 0 aliphatic rings. The van der Waals surface area contributed by atoms with E-state index in [0.717, 1.165) is 16.6 Å². The Balaban J connectivity index is 0.000000806. The van der Waals surface area contributed by atoms with E-state index in [1.54, 1.807) is 4.68 Å². The Morgan fingerprint density at radius 1 is 0.933 bits per heavy atom. The molecule has 0 spiro atoms. The van der Waals surface area contributed by atoms with Gasteiger partial charge < -0.3 is 14.8 Å². The topological polar surface area (TPSA) is 87.0 Å². The van der Waals surface area contributed by atoms with Crippen molar-refractivity contribution in [3.63, 3.8) is 0 Å². The fourth-order valence-corrected chi connectivity index (χ4v) is 3.46. The summed E-state index contributed by atoms with van der Waals surface area (Å²) in [6.07, 6.45) is 0. The molecule has 2 heterocycles. The number of fused-ring (bicyclic) bond motifs is 2. The summed E-state index contributed by atoms with van der Waals surface area (Å²) in [5.41, 5.74) is 4.82. The van der Waals surface area contributed by atoms with Gasteiger partial charge in [-0.15, -0.1) is 5.10 Å². The van der Waals surface area contributed by atoms with Crippen LogP contribution in [0.5, 0.6) is 11.8 Å². The molecule has 158 valence electrons. The summed E-state index contributed by atoms with van der Waals surface area (Å²) in [6, 6.07) is 5.85. The Kier molecular flexibility index (Phi) is 6.60. The quantitative estimate of drug-likeness (QED) is 0.503. The van der Waals surface area contributed by atoms with E-state index in [1.807, 2.05) is 46.1 Å². The van der Waals surface area contributed by atoms with Crippen LogP contribution >= 0.6 is 23.2 Å². The Labute approximate surface area is 184 Å². The number of nitrogens with zero attached hydrogens (tertiary/aromatic N) is 5. The fraction of sp³-hybridized carbons (Fsp3) is 0.300. The number of aryl methyl sites for hydroxylation is 2. The number of halogens is 2. The van der Waals surface area contributed by atoms with Gasteiger partial charge in [0.1, 0.15) is 16.7 Å². The Morgan fingerprint density at radius 3 is 2.13 bits per heavy atom. The number of hydrogen-bond donors (Lipinski definition) is 1. The molecule has 10 heteroatoms. The van der Waals surface area contributed by atoms with Crippen LogP contribution in [0.15, 0.2) is 18.2 Å². The predicted molar refractivity (Wildman–Crippen MR) is 120 cm³/mol. The van der Waals surface area contributed by atoms with Crippen molar-refractivity contribution in [3.05, 3.63) is 39.4 Å². The first-order chi connectivity index (χ1) is 14.4. The maximum absolute atomic E-state index is 6.61. The number of nitrogens with one attached hydrogen (secondary N) is 1. The van der Waals surface area contributed by atoms with Crippen molar-refractivity contribution in [2.75, 3.05) is 28.3 Å². The largest absolute Gasteiger partial charge is 0.477 e. The third kappa shape index (κ3) is 3.74. The van der Waals surface area contributed by atoms with Gasteiger partial charge in [0, 0.05) is 0 Å². The third-order valence-corrected chi connectivity index (χ3v) is 5.28. The minimum absolute atomic E-state index is 0.240. The molecule has 8 nitrogen and oxygen atoms in total. The average molecular weight is 449 g/mol. The molecule has 0 radical (unpaired) electrons. The lowest BCUT2D eigenvalue weighted by Gasteiger charge is -2.15. The van der Waals surface area contributed by atoms with Crippen LogP contribution in [0.4, 0.5) is 0 Å². The minimum Gasteiger partial charge on any atom is -0.477 e. The van der Waals surface area contributed by atoms with Crippen LogP contribution in [0.25, 0.3) is 27.8 Å². The molecule has 2 aromatic carbocycles. The summed E-state index contributed by atoms with van der Waals surface area (Å²) >= 11 is 13.1. The second kappa shape index (κ2) is 8.99. The van der Waals surface area contributed by atoms with E-state index < -0.39 is 0 Å². The van der Waals surface area contributed by atoms with Crippen LogP contribution in [-0.2, 0) is 0 Å². The monoisotopic (exact) mass is 448 g/mol. The van der Waals surface area contributed by atoms with Gasteiger partial charge in [-0.25, -0.2) is 14.6 Å². The van der Waals surface area contributed by atoms with E-state index in [9.17, 15) is 0 Å². The van der Waals surface area contributed by atoms with Gasteiger partial charge in [-0.3, -0.25) is 0 Å². The molecule has 4 rings (SSSR count). The highest BCUT2D eigenvalue weighted by molar-refractivity contribution is 6.45. The zero-order valence-electron chi connectivity index (χ0n) is 17.5. The summed E-state index contributed by atoms with van der Waals surface area (Å²) < 4.78 is 12.2. The van der Waals surface area contributed by atoms with Crippen LogP contribution in [0.3, 0.4) is 0 Å². The number of benzene rings is 2. The summed E-state index contributed by atoms with van der Waals surface area (Å²) in [5, 5.41) is 11.9. The molecule has 0 saturated heterocycles. The van der Waals surface area contributed by atoms with Crippen LogP contribution in [0.1, 0.15) is 11.1 Å². The molecular formula is C20H22Cl2N6O2. The molecule has 0 atom stereocenters. The third-order valence-electron chi connectivity index (χ3n) is 4.34. The van der Waals surface area contributed by atoms with Gasteiger partial charge >= 0.3 is 0 Å². The molecule has 0 saturated carbocycles. The molecule has 1 N–H and O–H groups in total. The van der Waals surface area contributed by atoms with Crippen LogP contribution in [-0.4, -0.2) is 53.3 Å². The van der Waals surface area contributed by atoms with Gasteiger partial charge in [0.15, 0.2) is 0 Å². The number of methoxy groups -OCH3 is 2. The van der Waals surface area contributed by atoms with Crippen molar-refractivity contribution in [2.24, 2.45) is 0 Å². The van der Waals surface area contributed by atoms with Gasteiger partial charge in [-0.2, -0.15) is 0 Å². The SMILES string of the molecule is CNC.COc1nc2c(C)c(Cl)c(Cl)c(-n3nnc4cc(C)ccc43)c2nc1OC. The van der Waals surface area contributed by atoms with E-state index in [2.05, 4.69) is 25.6 Å². The first kappa shape index (κ1) is 22.0. The van der Waals surface area contributed by atoms with Crippen molar-refractivity contribution in [2.45, 2.75) is 13.8 Å². The van der Waals surface area contributed by atoms with Gasteiger partial charge in [0.05, 0.1) is 35.3 Å². The molecular weight excluding hydrogens is 427 g/mol. The standard InChI is InChI=1S/C18H15Cl2N5O2.C2H7N/c1-8-5-6-11-10(7-8)23-24-25(11)16-13(20)12(19)9(2)14-15(16)22-18(27-4)17(21-14)26-3;1-3-2/h5-7H,1-4H3;3H,1-2H3. The van der Waals surface area contributed by atoms with Crippen LogP contribution < -0.4 is 14.8 Å². The molecule has 0 bridgehead atoms. The van der Waals surface area contributed by atoms with Crippen molar-refractivity contribution >= 4 is 45.3 Å². The van der Waals surface area contributed by atoms with Gasteiger partial charge in [0.2, 0.25) is 0 Å². The molecule has 0 fully saturated rings. The Hall–Kier alpha value is -2.68. The summed E-state index contributed by atoms with van der Waals surface area (Å²) in [5.74, 6) is 0.501. The first-order valence-electron chi connectivity index (χ1n) is 9.06. The van der Waals surface area contributed by atoms with Crippen LogP contribution in [0, 0.1) is 13.8 Å². The van der Waals surface area contributed by atoms with Crippen molar-refractivity contribution < 1.29 is 9.47 Å². The number of rotatable bonds is 3. The maximum Gasteiger partial charge on any atom is 0.278 e. The average Bonchev–Trinajstić information content (AvgIpc) is 3.14. The van der Waals surface area contributed by atoms with Gasteiger partial charge in [0.25, 0.3) is 11.8 Å². The zero-order valence-corrected chi connectivity index (χ0v) is 19.1. The highest BCUT2D eigenvalue weighted by Gasteiger charge is 2.23. The smallest absolute Gasteiger partial charge is 0.278 e. The molecule has 0 aliphatic heterocycles. The Bertz CT molecular complexity index is 1230. The molecule has 2 aromatic heterocycles. The minimum atomic E-state index is 0.240. The van der Waals surface area contributed by atoms with E-state index >= 15 is 0 Å². The highest BCUT2D eigenvalue weighted by Crippen LogP contribution is 2.40. The predicted octanol–water partition coefficient (Wildman–Crippen LogP) is 4.14. The number of ether oxygens (including phenoxy) is 2. The highest BCUT2D eigenvalue weighted by atomic mass is 35.5. The van der Waals surface area contributed by atoms with Crippen molar-refractivity contribution in [1.29, 1.82) is 0 Å². The molecule has 0 aliphatic carbocycles. The second-order valence-corrected chi connectivity index (χ2v) is 7.29.